The van der Waals surface area contributed by atoms with Gasteiger partial charge in [0.25, 0.3) is 5.91 Å². The van der Waals surface area contributed by atoms with E-state index in [2.05, 4.69) is 0 Å². The summed E-state index contributed by atoms with van der Waals surface area (Å²) in [5.41, 5.74) is -2.12. The summed E-state index contributed by atoms with van der Waals surface area (Å²) in [6, 6.07) is 14.4. The molecule has 3 aromatic rings. The molecule has 0 spiro atoms. The largest absolute Gasteiger partial charge is 0.485 e. The van der Waals surface area contributed by atoms with Crippen molar-refractivity contribution in [3.05, 3.63) is 99.5 Å². The van der Waals surface area contributed by atoms with Crippen LogP contribution in [0.15, 0.2) is 71.6 Å². The molecule has 1 N–H and O–H groups in total. The molecule has 0 aliphatic carbocycles. The first kappa shape index (κ1) is 30.9. The fourth-order valence-electron chi connectivity index (χ4n) is 3.77. The molecule has 1 fully saturated rings. The standard InChI is InChI=1S/C28H19F6NO5S2/c29-27(30,31)19-8-18(9-20(12-19)28(32,33)34)15-39-21-7-6-17(10-22(21)40-14-16-4-2-1-3-5-16)11-23-25(38)35(13-24(36)37)26(41)42-23/h1-12H,13-15H2,(H,36,37). The number of carboxylic acids is 1. The van der Waals surface area contributed by atoms with Crippen molar-refractivity contribution in [3.8, 4) is 11.5 Å². The van der Waals surface area contributed by atoms with Gasteiger partial charge in [0, 0.05) is 0 Å². The highest BCUT2D eigenvalue weighted by molar-refractivity contribution is 8.26. The van der Waals surface area contributed by atoms with Crippen LogP contribution in [0.1, 0.15) is 27.8 Å². The summed E-state index contributed by atoms with van der Waals surface area (Å²) in [6.07, 6.45) is -8.57. The van der Waals surface area contributed by atoms with Crippen LogP contribution >= 0.6 is 24.0 Å². The molecule has 14 heteroatoms. The Bertz CT molecular complexity index is 1510. The van der Waals surface area contributed by atoms with Gasteiger partial charge in [-0.15, -0.1) is 0 Å². The monoisotopic (exact) mass is 627 g/mol. The molecule has 0 bridgehead atoms. The highest BCUT2D eigenvalue weighted by atomic mass is 32.2. The summed E-state index contributed by atoms with van der Waals surface area (Å²) in [6.45, 7) is -1.20. The van der Waals surface area contributed by atoms with E-state index in [0.717, 1.165) is 22.2 Å². The van der Waals surface area contributed by atoms with Gasteiger partial charge in [0.2, 0.25) is 0 Å². The molecule has 1 aliphatic rings. The van der Waals surface area contributed by atoms with Gasteiger partial charge in [-0.2, -0.15) is 26.3 Å². The minimum Gasteiger partial charge on any atom is -0.485 e. The number of carbonyl (C=O) groups is 2. The molecular weight excluding hydrogens is 608 g/mol. The summed E-state index contributed by atoms with van der Waals surface area (Å²) in [7, 11) is 0. The molecule has 42 heavy (non-hydrogen) atoms. The fourth-order valence-corrected chi connectivity index (χ4v) is 5.02. The first-order chi connectivity index (χ1) is 19.7. The molecule has 1 saturated heterocycles. The average molecular weight is 628 g/mol. The maximum atomic E-state index is 13.3. The molecule has 6 nitrogen and oxygen atoms in total. The van der Waals surface area contributed by atoms with Gasteiger partial charge >= 0.3 is 18.3 Å². The van der Waals surface area contributed by atoms with Gasteiger partial charge in [-0.3, -0.25) is 14.5 Å². The molecule has 0 aromatic heterocycles. The van der Waals surface area contributed by atoms with Gasteiger partial charge in [0.05, 0.1) is 16.0 Å². The predicted octanol–water partition coefficient (Wildman–Crippen LogP) is 7.17. The Morgan fingerprint density at radius 2 is 1.45 bits per heavy atom. The Hall–Kier alpha value is -4.04. The number of thiocarbonyl (C=S) groups is 1. The number of hydrogen-bond donors (Lipinski definition) is 1. The van der Waals surface area contributed by atoms with Crippen molar-refractivity contribution >= 4 is 46.3 Å². The fraction of sp³-hybridized carbons (Fsp3) is 0.179. The quantitative estimate of drug-likeness (QED) is 0.153. The summed E-state index contributed by atoms with van der Waals surface area (Å²) >= 11 is 6.00. The Labute approximate surface area is 244 Å². The molecule has 3 aromatic carbocycles. The number of carbonyl (C=O) groups excluding carboxylic acids is 1. The summed E-state index contributed by atoms with van der Waals surface area (Å²) in [4.78, 5) is 24.8. The summed E-state index contributed by atoms with van der Waals surface area (Å²) in [5, 5.41) is 9.02. The molecule has 1 amide bonds. The van der Waals surface area contributed by atoms with Crippen molar-refractivity contribution in [2.24, 2.45) is 0 Å². The lowest BCUT2D eigenvalue weighted by Gasteiger charge is -2.16. The molecule has 1 heterocycles. The first-order valence-electron chi connectivity index (χ1n) is 11.9. The van der Waals surface area contributed by atoms with Crippen molar-refractivity contribution in [1.29, 1.82) is 0 Å². The molecule has 220 valence electrons. The summed E-state index contributed by atoms with van der Waals surface area (Å²) in [5.74, 6) is -1.73. The lowest BCUT2D eigenvalue weighted by atomic mass is 10.1. The molecule has 4 rings (SSSR count). The third kappa shape index (κ3) is 7.82. The van der Waals surface area contributed by atoms with Crippen LogP contribution < -0.4 is 9.47 Å². The summed E-state index contributed by atoms with van der Waals surface area (Å²) < 4.78 is 91.2. The molecule has 0 atom stereocenters. The van der Waals surface area contributed by atoms with Crippen LogP contribution in [0.25, 0.3) is 6.08 Å². The van der Waals surface area contributed by atoms with Crippen LogP contribution in [0.5, 0.6) is 11.5 Å². The highest BCUT2D eigenvalue weighted by Gasteiger charge is 2.37. The number of hydrogen-bond acceptors (Lipinski definition) is 6. The number of rotatable bonds is 9. The van der Waals surface area contributed by atoms with Crippen molar-refractivity contribution in [2.45, 2.75) is 25.6 Å². The first-order valence-corrected chi connectivity index (χ1v) is 13.1. The van der Waals surface area contributed by atoms with E-state index in [0.29, 0.717) is 17.7 Å². The van der Waals surface area contributed by atoms with Gasteiger partial charge in [-0.05, 0) is 53.1 Å². The second-order valence-electron chi connectivity index (χ2n) is 8.84. The van der Waals surface area contributed by atoms with Crippen LogP contribution in [-0.2, 0) is 35.2 Å². The Balaban J connectivity index is 1.63. The molecule has 0 radical (unpaired) electrons. The van der Waals surface area contributed by atoms with E-state index < -0.39 is 48.5 Å². The Morgan fingerprint density at radius 1 is 0.857 bits per heavy atom. The number of alkyl halides is 6. The zero-order valence-corrected chi connectivity index (χ0v) is 22.8. The van der Waals surface area contributed by atoms with Crippen molar-refractivity contribution in [1.82, 2.24) is 4.90 Å². The van der Waals surface area contributed by atoms with Crippen LogP contribution in [0.2, 0.25) is 0 Å². The number of thioether (sulfide) groups is 1. The normalized spacial score (nSPS) is 14.9. The van der Waals surface area contributed by atoms with E-state index >= 15 is 0 Å². The molecule has 1 aliphatic heterocycles. The molecular formula is C28H19F6NO5S2. The van der Waals surface area contributed by atoms with Gasteiger partial charge in [-0.25, -0.2) is 0 Å². The van der Waals surface area contributed by atoms with Crippen LogP contribution in [-0.4, -0.2) is 32.7 Å². The van der Waals surface area contributed by atoms with E-state index in [1.807, 2.05) is 0 Å². The number of halogens is 6. The van der Waals surface area contributed by atoms with Crippen LogP contribution in [0.3, 0.4) is 0 Å². The molecule has 0 unspecified atom stereocenters. The minimum atomic E-state index is -5.01. The van der Waals surface area contributed by atoms with Crippen molar-refractivity contribution in [3.63, 3.8) is 0 Å². The maximum Gasteiger partial charge on any atom is 0.416 e. The van der Waals surface area contributed by atoms with E-state index in [1.54, 1.807) is 30.3 Å². The van der Waals surface area contributed by atoms with Gasteiger partial charge in [-0.1, -0.05) is 60.4 Å². The lowest BCUT2D eigenvalue weighted by Crippen LogP contribution is -2.33. The van der Waals surface area contributed by atoms with E-state index in [-0.39, 0.29) is 39.0 Å². The minimum absolute atomic E-state index is 0.0208. The number of nitrogens with zero attached hydrogens (tertiary/aromatic N) is 1. The number of carboxylic acid groups (broad SMARTS) is 1. The van der Waals surface area contributed by atoms with Gasteiger partial charge in [0.1, 0.15) is 24.1 Å². The van der Waals surface area contributed by atoms with Crippen LogP contribution in [0.4, 0.5) is 26.3 Å². The third-order valence-electron chi connectivity index (χ3n) is 5.71. The van der Waals surface area contributed by atoms with Crippen LogP contribution in [0, 0.1) is 0 Å². The molecule has 0 saturated carbocycles. The number of benzene rings is 3. The Kier molecular flexibility index (Phi) is 9.16. The number of ether oxygens (including phenoxy) is 2. The second-order valence-corrected chi connectivity index (χ2v) is 10.5. The van der Waals surface area contributed by atoms with E-state index in [9.17, 15) is 35.9 Å². The second kappa shape index (κ2) is 12.4. The SMILES string of the molecule is O=C(O)CN1C(=O)C(=Cc2ccc(OCc3cc(C(F)(F)F)cc(C(F)(F)F)c3)c(OCc3ccccc3)c2)SC1=S. The number of aliphatic carboxylic acids is 1. The topological polar surface area (TPSA) is 76.1 Å². The van der Waals surface area contributed by atoms with E-state index in [4.69, 9.17) is 26.8 Å². The zero-order valence-electron chi connectivity index (χ0n) is 21.2. The lowest BCUT2D eigenvalue weighted by molar-refractivity contribution is -0.143. The van der Waals surface area contributed by atoms with Crippen molar-refractivity contribution in [2.75, 3.05) is 6.54 Å². The van der Waals surface area contributed by atoms with Gasteiger partial charge < -0.3 is 14.6 Å². The van der Waals surface area contributed by atoms with Crippen molar-refractivity contribution < 1.29 is 50.5 Å². The maximum absolute atomic E-state index is 13.3. The average Bonchev–Trinajstić information content (AvgIpc) is 3.17. The number of amides is 1. The smallest absolute Gasteiger partial charge is 0.416 e. The predicted molar refractivity (Wildman–Crippen MR) is 146 cm³/mol. The van der Waals surface area contributed by atoms with Gasteiger partial charge in [0.15, 0.2) is 11.5 Å². The zero-order chi connectivity index (χ0) is 30.7. The third-order valence-corrected chi connectivity index (χ3v) is 7.09. The highest BCUT2D eigenvalue weighted by Crippen LogP contribution is 2.38. The Morgan fingerprint density at radius 3 is 2.05 bits per heavy atom. The van der Waals surface area contributed by atoms with E-state index in [1.165, 1.54) is 24.3 Å².